The van der Waals surface area contributed by atoms with Crippen molar-refractivity contribution in [2.24, 2.45) is 0 Å². The molecule has 1 aromatic heterocycles. The third-order valence-corrected chi connectivity index (χ3v) is 3.22. The molecule has 2 aromatic carbocycles. The lowest BCUT2D eigenvalue weighted by Crippen LogP contribution is -2.08. The molecule has 0 saturated heterocycles. The molecule has 4 heteroatoms. The van der Waals surface area contributed by atoms with Gasteiger partial charge in [0.1, 0.15) is 11.5 Å². The molecule has 19 heavy (non-hydrogen) atoms. The molecule has 1 heterocycles. The minimum Gasteiger partial charge on any atom is -0.497 e. The van der Waals surface area contributed by atoms with E-state index in [1.807, 2.05) is 30.3 Å². The first kappa shape index (κ1) is 11.6. The van der Waals surface area contributed by atoms with Gasteiger partial charge in [0.2, 0.25) is 0 Å². The van der Waals surface area contributed by atoms with Crippen LogP contribution in [0.2, 0.25) is 0 Å². The molecule has 0 aliphatic rings. The first-order chi connectivity index (χ1) is 9.24. The van der Waals surface area contributed by atoms with Crippen LogP contribution in [0.25, 0.3) is 21.7 Å². The summed E-state index contributed by atoms with van der Waals surface area (Å²) in [5.74, 6) is 1.18. The van der Waals surface area contributed by atoms with Crippen molar-refractivity contribution in [3.8, 4) is 11.5 Å². The van der Waals surface area contributed by atoms with Gasteiger partial charge in [-0.25, -0.2) is 0 Å². The minimum absolute atomic E-state index is 0.159. The van der Waals surface area contributed by atoms with Crippen LogP contribution in [0.1, 0.15) is 0 Å². The molecular weight excluding hydrogens is 242 g/mol. The van der Waals surface area contributed by atoms with Crippen molar-refractivity contribution in [3.63, 3.8) is 0 Å². The second-order valence-electron chi connectivity index (χ2n) is 4.25. The van der Waals surface area contributed by atoms with Gasteiger partial charge in [-0.1, -0.05) is 18.2 Å². The van der Waals surface area contributed by atoms with Crippen LogP contribution >= 0.6 is 0 Å². The fourth-order valence-electron chi connectivity index (χ4n) is 2.33. The van der Waals surface area contributed by atoms with Crippen LogP contribution in [0.4, 0.5) is 0 Å². The molecule has 4 nitrogen and oxygen atoms in total. The van der Waals surface area contributed by atoms with E-state index in [1.54, 1.807) is 20.3 Å². The van der Waals surface area contributed by atoms with Gasteiger partial charge in [0.05, 0.1) is 19.6 Å². The number of aromatic amines is 1. The Hall–Kier alpha value is -2.49. The van der Waals surface area contributed by atoms with Crippen LogP contribution < -0.4 is 15.0 Å². The zero-order chi connectivity index (χ0) is 13.4. The number of fused-ring (bicyclic) bond motifs is 3. The summed E-state index contributed by atoms with van der Waals surface area (Å²) in [6.07, 6.45) is 0. The standard InChI is InChI=1S/C15H13NO3/c1-18-9-7-11-10-5-3-4-6-12(10)16-15(17)14(11)13(8-9)19-2/h3-8H,1-2H3,(H,16,17). The predicted octanol–water partition coefficient (Wildman–Crippen LogP) is 2.70. The molecular formula is C15H13NO3. The van der Waals surface area contributed by atoms with Gasteiger partial charge in [0, 0.05) is 22.4 Å². The number of nitrogens with one attached hydrogen (secondary N) is 1. The zero-order valence-electron chi connectivity index (χ0n) is 10.7. The Balaban J connectivity index is 2.59. The van der Waals surface area contributed by atoms with Crippen LogP contribution in [0, 0.1) is 0 Å². The van der Waals surface area contributed by atoms with Crippen molar-refractivity contribution in [1.82, 2.24) is 4.98 Å². The van der Waals surface area contributed by atoms with E-state index in [1.165, 1.54) is 0 Å². The Bertz CT molecular complexity index is 821. The van der Waals surface area contributed by atoms with Crippen molar-refractivity contribution >= 4 is 21.7 Å². The number of methoxy groups -OCH3 is 2. The molecule has 96 valence electrons. The van der Waals surface area contributed by atoms with Gasteiger partial charge in [-0.05, 0) is 12.1 Å². The van der Waals surface area contributed by atoms with Crippen LogP contribution in [-0.2, 0) is 0 Å². The van der Waals surface area contributed by atoms with Crippen LogP contribution in [0.15, 0.2) is 41.2 Å². The average Bonchev–Trinajstić information content (AvgIpc) is 2.46. The van der Waals surface area contributed by atoms with E-state index in [-0.39, 0.29) is 5.56 Å². The molecule has 3 aromatic rings. The summed E-state index contributed by atoms with van der Waals surface area (Å²) >= 11 is 0. The minimum atomic E-state index is -0.159. The van der Waals surface area contributed by atoms with Crippen molar-refractivity contribution < 1.29 is 9.47 Å². The number of hydrogen-bond acceptors (Lipinski definition) is 3. The average molecular weight is 255 g/mol. The van der Waals surface area contributed by atoms with E-state index >= 15 is 0 Å². The molecule has 0 bridgehead atoms. The number of rotatable bonds is 2. The highest BCUT2D eigenvalue weighted by atomic mass is 16.5. The number of pyridine rings is 1. The molecule has 0 radical (unpaired) electrons. The predicted molar refractivity (Wildman–Crippen MR) is 75.2 cm³/mol. The number of aromatic nitrogens is 1. The topological polar surface area (TPSA) is 51.3 Å². The third kappa shape index (κ3) is 1.73. The normalized spacial score (nSPS) is 10.8. The lowest BCUT2D eigenvalue weighted by molar-refractivity contribution is 0.398. The van der Waals surface area contributed by atoms with Crippen molar-refractivity contribution in [2.75, 3.05) is 14.2 Å². The van der Waals surface area contributed by atoms with Gasteiger partial charge in [-0.2, -0.15) is 0 Å². The fraction of sp³-hybridized carbons (Fsp3) is 0.133. The van der Waals surface area contributed by atoms with Gasteiger partial charge < -0.3 is 14.5 Å². The summed E-state index contributed by atoms with van der Waals surface area (Å²) in [7, 11) is 3.14. The number of H-pyrrole nitrogens is 1. The van der Waals surface area contributed by atoms with E-state index in [2.05, 4.69) is 4.98 Å². The molecule has 0 aliphatic carbocycles. The second kappa shape index (κ2) is 4.31. The first-order valence-corrected chi connectivity index (χ1v) is 5.91. The highest BCUT2D eigenvalue weighted by molar-refractivity contribution is 6.07. The lowest BCUT2D eigenvalue weighted by atomic mass is 10.1. The van der Waals surface area contributed by atoms with E-state index in [4.69, 9.17) is 9.47 Å². The smallest absolute Gasteiger partial charge is 0.260 e. The molecule has 1 N–H and O–H groups in total. The Morgan fingerprint density at radius 1 is 1.00 bits per heavy atom. The summed E-state index contributed by atoms with van der Waals surface area (Å²) < 4.78 is 10.6. The molecule has 0 atom stereocenters. The summed E-state index contributed by atoms with van der Waals surface area (Å²) in [6, 6.07) is 11.2. The molecule has 0 aliphatic heterocycles. The molecule has 0 fully saturated rings. The van der Waals surface area contributed by atoms with Gasteiger partial charge in [-0.15, -0.1) is 0 Å². The van der Waals surface area contributed by atoms with E-state index in [0.717, 1.165) is 16.3 Å². The molecule has 0 saturated carbocycles. The maximum atomic E-state index is 12.2. The van der Waals surface area contributed by atoms with Gasteiger partial charge in [0.25, 0.3) is 5.56 Å². The second-order valence-corrected chi connectivity index (χ2v) is 4.25. The van der Waals surface area contributed by atoms with Gasteiger partial charge >= 0.3 is 0 Å². The molecule has 0 amide bonds. The number of para-hydroxylation sites is 1. The number of benzene rings is 2. The fourth-order valence-corrected chi connectivity index (χ4v) is 2.33. The SMILES string of the molecule is COc1cc(OC)c2c(=O)[nH]c3ccccc3c2c1. The molecule has 0 unspecified atom stereocenters. The van der Waals surface area contributed by atoms with E-state index < -0.39 is 0 Å². The summed E-state index contributed by atoms with van der Waals surface area (Å²) in [5.41, 5.74) is 0.642. The number of hydrogen-bond donors (Lipinski definition) is 1. The summed E-state index contributed by atoms with van der Waals surface area (Å²) in [6.45, 7) is 0. The van der Waals surface area contributed by atoms with Crippen molar-refractivity contribution in [3.05, 3.63) is 46.8 Å². The van der Waals surface area contributed by atoms with Crippen molar-refractivity contribution in [2.45, 2.75) is 0 Å². The maximum absolute atomic E-state index is 12.2. The highest BCUT2D eigenvalue weighted by Crippen LogP contribution is 2.32. The van der Waals surface area contributed by atoms with E-state index in [9.17, 15) is 4.79 Å². The molecule has 3 rings (SSSR count). The van der Waals surface area contributed by atoms with Gasteiger partial charge in [-0.3, -0.25) is 4.79 Å². The Morgan fingerprint density at radius 3 is 2.53 bits per heavy atom. The summed E-state index contributed by atoms with van der Waals surface area (Å²) in [5, 5.41) is 2.34. The Kier molecular flexibility index (Phi) is 2.63. The van der Waals surface area contributed by atoms with E-state index in [0.29, 0.717) is 16.9 Å². The van der Waals surface area contributed by atoms with Crippen LogP contribution in [-0.4, -0.2) is 19.2 Å². The third-order valence-electron chi connectivity index (χ3n) is 3.22. The highest BCUT2D eigenvalue weighted by Gasteiger charge is 2.12. The maximum Gasteiger partial charge on any atom is 0.260 e. The van der Waals surface area contributed by atoms with Crippen LogP contribution in [0.5, 0.6) is 11.5 Å². The first-order valence-electron chi connectivity index (χ1n) is 5.91. The lowest BCUT2D eigenvalue weighted by Gasteiger charge is -2.10. The summed E-state index contributed by atoms with van der Waals surface area (Å²) in [4.78, 5) is 15.1. The Labute approximate surface area is 109 Å². The molecule has 0 spiro atoms. The van der Waals surface area contributed by atoms with Gasteiger partial charge in [0.15, 0.2) is 0 Å². The monoisotopic (exact) mass is 255 g/mol. The number of ether oxygens (including phenoxy) is 2. The van der Waals surface area contributed by atoms with Crippen LogP contribution in [0.3, 0.4) is 0 Å². The zero-order valence-corrected chi connectivity index (χ0v) is 10.7. The quantitative estimate of drug-likeness (QED) is 0.716. The van der Waals surface area contributed by atoms with Crippen molar-refractivity contribution in [1.29, 1.82) is 0 Å². The largest absolute Gasteiger partial charge is 0.497 e. The Morgan fingerprint density at radius 2 is 1.79 bits per heavy atom.